The number of nitrogens with zero attached hydrogens (tertiary/aromatic N) is 1. The molecule has 0 aromatic heterocycles. The van der Waals surface area contributed by atoms with Gasteiger partial charge in [0.1, 0.15) is 5.75 Å². The number of anilines is 2. The Morgan fingerprint density at radius 1 is 1.32 bits per heavy atom. The van der Waals surface area contributed by atoms with Crippen molar-refractivity contribution in [1.29, 1.82) is 0 Å². The molecule has 0 bridgehead atoms. The molecule has 124 valence electrons. The van der Waals surface area contributed by atoms with E-state index in [2.05, 4.69) is 9.62 Å². The van der Waals surface area contributed by atoms with Crippen LogP contribution in [0, 0.1) is 0 Å². The zero-order valence-electron chi connectivity index (χ0n) is 13.2. The molecule has 0 radical (unpaired) electrons. The van der Waals surface area contributed by atoms with Crippen LogP contribution in [-0.4, -0.2) is 47.6 Å². The summed E-state index contributed by atoms with van der Waals surface area (Å²) in [5.41, 5.74) is 1.46. The van der Waals surface area contributed by atoms with E-state index < -0.39 is 10.0 Å². The molecule has 1 fully saturated rings. The maximum Gasteiger partial charge on any atom is 0.232 e. The third-order valence-electron chi connectivity index (χ3n) is 3.59. The molecule has 2 rings (SSSR count). The van der Waals surface area contributed by atoms with Gasteiger partial charge in [-0.25, -0.2) is 8.42 Å². The highest BCUT2D eigenvalue weighted by Gasteiger charge is 2.17. The van der Waals surface area contributed by atoms with Crippen molar-refractivity contribution in [3.63, 3.8) is 0 Å². The lowest BCUT2D eigenvalue weighted by Gasteiger charge is -2.29. The normalized spacial score (nSPS) is 15.6. The van der Waals surface area contributed by atoms with Crippen LogP contribution in [0.15, 0.2) is 18.2 Å². The van der Waals surface area contributed by atoms with E-state index >= 15 is 0 Å². The second kappa shape index (κ2) is 7.69. The summed E-state index contributed by atoms with van der Waals surface area (Å²) < 4.78 is 37.5. The van der Waals surface area contributed by atoms with Crippen molar-refractivity contribution in [2.75, 3.05) is 48.8 Å². The molecule has 0 aliphatic carbocycles. The fourth-order valence-electron chi connectivity index (χ4n) is 2.35. The summed E-state index contributed by atoms with van der Waals surface area (Å²) in [4.78, 5) is 2.17. The van der Waals surface area contributed by atoms with E-state index in [1.165, 1.54) is 7.11 Å². The number of ether oxygens (including phenoxy) is 2. The minimum absolute atomic E-state index is 0.119. The number of sulfonamides is 1. The Balaban J connectivity index is 2.20. The van der Waals surface area contributed by atoms with Gasteiger partial charge in [0.25, 0.3) is 0 Å². The number of hydrogen-bond acceptors (Lipinski definition) is 5. The molecule has 6 nitrogen and oxygen atoms in total. The van der Waals surface area contributed by atoms with Crippen molar-refractivity contribution < 1.29 is 17.9 Å². The summed E-state index contributed by atoms with van der Waals surface area (Å²) in [7, 11) is -1.81. The maximum atomic E-state index is 12.1. The predicted molar refractivity (Wildman–Crippen MR) is 88.3 cm³/mol. The third kappa shape index (κ3) is 4.51. The van der Waals surface area contributed by atoms with E-state index in [0.717, 1.165) is 25.2 Å². The first kappa shape index (κ1) is 16.9. The fourth-order valence-corrected chi connectivity index (χ4v) is 3.61. The smallest absolute Gasteiger partial charge is 0.232 e. The van der Waals surface area contributed by atoms with Crippen LogP contribution in [0.25, 0.3) is 0 Å². The van der Waals surface area contributed by atoms with Crippen LogP contribution < -0.4 is 14.4 Å². The molecule has 0 spiro atoms. The van der Waals surface area contributed by atoms with Crippen LogP contribution in [0.5, 0.6) is 5.75 Å². The van der Waals surface area contributed by atoms with E-state index in [4.69, 9.17) is 9.47 Å². The Morgan fingerprint density at radius 3 is 2.68 bits per heavy atom. The molecule has 1 aliphatic heterocycles. The third-order valence-corrected chi connectivity index (χ3v) is 4.95. The Morgan fingerprint density at radius 2 is 2.05 bits per heavy atom. The van der Waals surface area contributed by atoms with E-state index in [-0.39, 0.29) is 5.75 Å². The number of methoxy groups -OCH3 is 1. The highest BCUT2D eigenvalue weighted by Crippen LogP contribution is 2.31. The summed E-state index contributed by atoms with van der Waals surface area (Å²) in [5.74, 6) is 0.645. The van der Waals surface area contributed by atoms with E-state index in [1.807, 2.05) is 19.1 Å². The van der Waals surface area contributed by atoms with Gasteiger partial charge in [-0.1, -0.05) is 13.3 Å². The molecule has 1 N–H and O–H groups in total. The van der Waals surface area contributed by atoms with Crippen molar-refractivity contribution in [3.8, 4) is 5.75 Å². The summed E-state index contributed by atoms with van der Waals surface area (Å²) in [6.45, 7) is 4.94. The highest BCUT2D eigenvalue weighted by molar-refractivity contribution is 7.92. The molecule has 0 amide bonds. The van der Waals surface area contributed by atoms with Crippen LogP contribution in [0.3, 0.4) is 0 Å². The zero-order chi connectivity index (χ0) is 16.0. The minimum Gasteiger partial charge on any atom is -0.495 e. The van der Waals surface area contributed by atoms with Gasteiger partial charge in [-0.15, -0.1) is 0 Å². The molecular weight excluding hydrogens is 304 g/mol. The monoisotopic (exact) mass is 328 g/mol. The Kier molecular flexibility index (Phi) is 5.90. The van der Waals surface area contributed by atoms with Gasteiger partial charge in [-0.2, -0.15) is 0 Å². The number of nitrogens with one attached hydrogen (secondary N) is 1. The number of benzene rings is 1. The van der Waals surface area contributed by atoms with Crippen LogP contribution in [0.2, 0.25) is 0 Å². The Labute approximate surface area is 132 Å². The number of unbranched alkanes of at least 4 members (excludes halogenated alkanes) is 1. The lowest BCUT2D eigenvalue weighted by atomic mass is 10.2. The van der Waals surface area contributed by atoms with Crippen LogP contribution >= 0.6 is 0 Å². The topological polar surface area (TPSA) is 67.9 Å². The molecule has 1 aliphatic rings. The van der Waals surface area contributed by atoms with Gasteiger partial charge in [0.2, 0.25) is 10.0 Å². The van der Waals surface area contributed by atoms with Crippen molar-refractivity contribution in [2.24, 2.45) is 0 Å². The lowest BCUT2D eigenvalue weighted by molar-refractivity contribution is 0.122. The van der Waals surface area contributed by atoms with E-state index in [0.29, 0.717) is 31.1 Å². The minimum atomic E-state index is -3.35. The SMILES string of the molecule is CCCCS(=O)(=O)Nc1cc(N2CCOCC2)ccc1OC. The second-order valence-electron chi connectivity index (χ2n) is 5.26. The van der Waals surface area contributed by atoms with Crippen molar-refractivity contribution in [1.82, 2.24) is 0 Å². The second-order valence-corrected chi connectivity index (χ2v) is 7.10. The quantitative estimate of drug-likeness (QED) is 0.830. The molecular formula is C15H24N2O4S. The number of hydrogen-bond donors (Lipinski definition) is 1. The van der Waals surface area contributed by atoms with Crippen LogP contribution in [0.1, 0.15) is 19.8 Å². The largest absolute Gasteiger partial charge is 0.495 e. The van der Waals surface area contributed by atoms with Crippen molar-refractivity contribution in [2.45, 2.75) is 19.8 Å². The van der Waals surface area contributed by atoms with Gasteiger partial charge in [-0.3, -0.25) is 4.72 Å². The Bertz CT molecular complexity index is 583. The van der Waals surface area contributed by atoms with E-state index in [1.54, 1.807) is 6.07 Å². The first-order valence-electron chi connectivity index (χ1n) is 7.57. The van der Waals surface area contributed by atoms with Gasteiger partial charge in [0, 0.05) is 18.8 Å². The van der Waals surface area contributed by atoms with Gasteiger partial charge >= 0.3 is 0 Å². The molecule has 0 atom stereocenters. The predicted octanol–water partition coefficient (Wildman–Crippen LogP) is 2.07. The summed E-state index contributed by atoms with van der Waals surface area (Å²) in [5, 5.41) is 0. The van der Waals surface area contributed by atoms with Gasteiger partial charge in [-0.05, 0) is 24.6 Å². The first-order chi connectivity index (χ1) is 10.6. The van der Waals surface area contributed by atoms with Crippen LogP contribution in [-0.2, 0) is 14.8 Å². The van der Waals surface area contributed by atoms with Gasteiger partial charge in [0.15, 0.2) is 0 Å². The first-order valence-corrected chi connectivity index (χ1v) is 9.22. The van der Waals surface area contributed by atoms with Crippen molar-refractivity contribution in [3.05, 3.63) is 18.2 Å². The molecule has 7 heteroatoms. The summed E-state index contributed by atoms with van der Waals surface area (Å²) in [6, 6.07) is 5.56. The summed E-state index contributed by atoms with van der Waals surface area (Å²) in [6.07, 6.45) is 1.48. The lowest BCUT2D eigenvalue weighted by Crippen LogP contribution is -2.36. The standard InChI is InChI=1S/C15H24N2O4S/c1-3-4-11-22(18,19)16-14-12-13(5-6-15(14)20-2)17-7-9-21-10-8-17/h5-6,12,16H,3-4,7-11H2,1-2H3. The van der Waals surface area contributed by atoms with E-state index in [9.17, 15) is 8.42 Å². The molecule has 22 heavy (non-hydrogen) atoms. The average Bonchev–Trinajstić information content (AvgIpc) is 2.53. The van der Waals surface area contributed by atoms with Gasteiger partial charge < -0.3 is 14.4 Å². The molecule has 1 saturated heterocycles. The Hall–Kier alpha value is -1.47. The average molecular weight is 328 g/mol. The van der Waals surface area contributed by atoms with Crippen LogP contribution in [0.4, 0.5) is 11.4 Å². The van der Waals surface area contributed by atoms with Gasteiger partial charge in [0.05, 0.1) is 31.8 Å². The molecule has 1 heterocycles. The maximum absolute atomic E-state index is 12.1. The molecule has 1 aromatic rings. The fraction of sp³-hybridized carbons (Fsp3) is 0.600. The highest BCUT2D eigenvalue weighted by atomic mass is 32.2. The zero-order valence-corrected chi connectivity index (χ0v) is 14.0. The summed E-state index contributed by atoms with van der Waals surface area (Å²) >= 11 is 0. The van der Waals surface area contributed by atoms with Crippen molar-refractivity contribution >= 4 is 21.4 Å². The molecule has 1 aromatic carbocycles. The molecule has 0 saturated carbocycles. The molecule has 0 unspecified atom stereocenters. The number of rotatable bonds is 7. The number of morpholine rings is 1.